The molecule has 0 spiro atoms. The first-order valence-electron chi connectivity index (χ1n) is 9.07. The Kier molecular flexibility index (Phi) is 5.82. The molecule has 1 amide bonds. The summed E-state index contributed by atoms with van der Waals surface area (Å²) in [4.78, 5) is 12.5. The van der Waals surface area contributed by atoms with Crippen molar-refractivity contribution in [3.05, 3.63) is 53.6 Å². The van der Waals surface area contributed by atoms with Gasteiger partial charge in [0.2, 0.25) is 15.9 Å². The number of nitrogens with one attached hydrogen (secondary N) is 2. The molecule has 1 aliphatic heterocycles. The lowest BCUT2D eigenvalue weighted by atomic mass is 10.1. The van der Waals surface area contributed by atoms with Gasteiger partial charge in [-0.15, -0.1) is 0 Å². The number of hydrogen-bond donors (Lipinski definition) is 2. The smallest absolute Gasteiger partial charge is 0.243 e. The maximum Gasteiger partial charge on any atom is 0.243 e. The van der Waals surface area contributed by atoms with Gasteiger partial charge >= 0.3 is 0 Å². The number of aryl methyl sites for hydroxylation is 2. The van der Waals surface area contributed by atoms with Gasteiger partial charge in [0, 0.05) is 24.5 Å². The van der Waals surface area contributed by atoms with Crippen LogP contribution in [0.2, 0.25) is 0 Å². The first kappa shape index (κ1) is 19.4. The number of carbonyl (C=O) groups excluding carboxylic acids is 1. The van der Waals surface area contributed by atoms with Crippen LogP contribution in [0.1, 0.15) is 24.0 Å². The summed E-state index contributed by atoms with van der Waals surface area (Å²) in [6.07, 6.45) is 1.78. The van der Waals surface area contributed by atoms with E-state index >= 15 is 0 Å². The Bertz CT molecular complexity index is 935. The summed E-state index contributed by atoms with van der Waals surface area (Å²) < 4.78 is 26.8. The van der Waals surface area contributed by atoms with E-state index in [1.165, 1.54) is 10.4 Å². The Balaban J connectivity index is 1.65. The average Bonchev–Trinajstić information content (AvgIpc) is 3.18. The van der Waals surface area contributed by atoms with Crippen LogP contribution >= 0.6 is 0 Å². The van der Waals surface area contributed by atoms with Gasteiger partial charge in [-0.05, 0) is 62.1 Å². The van der Waals surface area contributed by atoms with Crippen LogP contribution in [-0.2, 0) is 14.8 Å². The molecule has 0 unspecified atom stereocenters. The quantitative estimate of drug-likeness (QED) is 0.798. The van der Waals surface area contributed by atoms with Crippen LogP contribution in [0, 0.1) is 13.8 Å². The van der Waals surface area contributed by atoms with Gasteiger partial charge in [0.1, 0.15) is 0 Å². The maximum absolute atomic E-state index is 12.7. The second-order valence-electron chi connectivity index (χ2n) is 6.86. The molecule has 1 fully saturated rings. The Morgan fingerprint density at radius 1 is 1.07 bits per heavy atom. The van der Waals surface area contributed by atoms with E-state index in [2.05, 4.69) is 10.6 Å². The van der Waals surface area contributed by atoms with E-state index in [-0.39, 0.29) is 17.3 Å². The molecule has 0 bridgehead atoms. The molecule has 6 nitrogen and oxygen atoms in total. The van der Waals surface area contributed by atoms with Crippen LogP contribution in [0.4, 0.5) is 11.4 Å². The van der Waals surface area contributed by atoms with Crippen LogP contribution in [0.15, 0.2) is 47.4 Å². The second kappa shape index (κ2) is 8.10. The molecule has 2 aromatic carbocycles. The van der Waals surface area contributed by atoms with E-state index in [0.717, 1.165) is 29.7 Å². The highest BCUT2D eigenvalue weighted by Gasteiger charge is 2.27. The molecule has 27 heavy (non-hydrogen) atoms. The van der Waals surface area contributed by atoms with E-state index in [0.29, 0.717) is 18.8 Å². The summed E-state index contributed by atoms with van der Waals surface area (Å²) in [7, 11) is -3.50. The maximum atomic E-state index is 12.7. The number of anilines is 2. The third-order valence-electron chi connectivity index (χ3n) is 4.65. The first-order valence-corrected chi connectivity index (χ1v) is 10.5. The molecule has 0 atom stereocenters. The first-order chi connectivity index (χ1) is 12.9. The van der Waals surface area contributed by atoms with Gasteiger partial charge in [-0.2, -0.15) is 4.31 Å². The molecule has 7 heteroatoms. The predicted molar refractivity (Wildman–Crippen MR) is 107 cm³/mol. The molecule has 3 rings (SSSR count). The summed E-state index contributed by atoms with van der Waals surface area (Å²) >= 11 is 0. The van der Waals surface area contributed by atoms with Gasteiger partial charge in [0.25, 0.3) is 0 Å². The molecule has 0 aromatic heterocycles. The normalized spacial score (nSPS) is 14.9. The molecular weight excluding hydrogens is 362 g/mol. The fourth-order valence-electron chi connectivity index (χ4n) is 3.12. The Morgan fingerprint density at radius 2 is 1.81 bits per heavy atom. The SMILES string of the molecule is Cc1ccc(C)c(NCC(=O)Nc2cccc(S(=O)(=O)N3CCCC3)c2)c1. The van der Waals surface area contributed by atoms with Crippen LogP contribution < -0.4 is 10.6 Å². The van der Waals surface area contributed by atoms with Crippen molar-refractivity contribution in [2.45, 2.75) is 31.6 Å². The summed E-state index contributed by atoms with van der Waals surface area (Å²) in [6, 6.07) is 12.4. The highest BCUT2D eigenvalue weighted by molar-refractivity contribution is 7.89. The van der Waals surface area contributed by atoms with E-state index in [4.69, 9.17) is 0 Å². The highest BCUT2D eigenvalue weighted by atomic mass is 32.2. The molecule has 144 valence electrons. The molecule has 2 N–H and O–H groups in total. The van der Waals surface area contributed by atoms with Crippen LogP contribution in [0.3, 0.4) is 0 Å². The fraction of sp³-hybridized carbons (Fsp3) is 0.350. The summed E-state index contributed by atoms with van der Waals surface area (Å²) in [6.45, 7) is 5.19. The molecule has 1 saturated heterocycles. The Hall–Kier alpha value is -2.38. The topological polar surface area (TPSA) is 78.5 Å². The number of hydrogen-bond acceptors (Lipinski definition) is 4. The average molecular weight is 388 g/mol. The minimum absolute atomic E-state index is 0.105. The summed E-state index contributed by atoms with van der Waals surface area (Å²) in [5.41, 5.74) is 3.56. The molecule has 1 aliphatic rings. The van der Waals surface area contributed by atoms with E-state index in [1.54, 1.807) is 18.2 Å². The zero-order valence-corrected chi connectivity index (χ0v) is 16.5. The lowest BCUT2D eigenvalue weighted by molar-refractivity contribution is -0.114. The number of benzene rings is 2. The molecule has 0 radical (unpaired) electrons. The van der Waals surface area contributed by atoms with Crippen LogP contribution in [0.25, 0.3) is 0 Å². The monoisotopic (exact) mass is 387 g/mol. The largest absolute Gasteiger partial charge is 0.376 e. The van der Waals surface area contributed by atoms with Gasteiger partial charge < -0.3 is 10.6 Å². The molecule has 0 saturated carbocycles. The van der Waals surface area contributed by atoms with E-state index < -0.39 is 10.0 Å². The van der Waals surface area contributed by atoms with Gasteiger partial charge in [0.05, 0.1) is 11.4 Å². The van der Waals surface area contributed by atoms with Crippen molar-refractivity contribution in [2.75, 3.05) is 30.3 Å². The van der Waals surface area contributed by atoms with Gasteiger partial charge in [-0.25, -0.2) is 8.42 Å². The lowest BCUT2D eigenvalue weighted by Gasteiger charge is -2.16. The van der Waals surface area contributed by atoms with E-state index in [1.807, 2.05) is 32.0 Å². The third-order valence-corrected chi connectivity index (χ3v) is 6.55. The van der Waals surface area contributed by atoms with Crippen molar-refractivity contribution in [2.24, 2.45) is 0 Å². The minimum Gasteiger partial charge on any atom is -0.376 e. The number of nitrogens with zero attached hydrogens (tertiary/aromatic N) is 1. The summed E-state index contributed by atoms with van der Waals surface area (Å²) in [5, 5.41) is 5.89. The number of carbonyl (C=O) groups is 1. The van der Waals surface area contributed by atoms with Gasteiger partial charge in [-0.1, -0.05) is 18.2 Å². The Morgan fingerprint density at radius 3 is 2.56 bits per heavy atom. The highest BCUT2D eigenvalue weighted by Crippen LogP contribution is 2.23. The zero-order valence-electron chi connectivity index (χ0n) is 15.7. The number of rotatable bonds is 6. The minimum atomic E-state index is -3.50. The Labute approximate surface area is 160 Å². The fourth-order valence-corrected chi connectivity index (χ4v) is 4.68. The van der Waals surface area contributed by atoms with Crippen molar-refractivity contribution >= 4 is 27.3 Å². The summed E-state index contributed by atoms with van der Waals surface area (Å²) in [5.74, 6) is -0.230. The van der Waals surface area contributed by atoms with Crippen molar-refractivity contribution in [3.8, 4) is 0 Å². The molecule has 2 aromatic rings. The third kappa shape index (κ3) is 4.67. The van der Waals surface area contributed by atoms with Gasteiger partial charge in [0.15, 0.2) is 0 Å². The zero-order chi connectivity index (χ0) is 19.4. The van der Waals surface area contributed by atoms with Crippen molar-refractivity contribution in [1.82, 2.24) is 4.31 Å². The van der Waals surface area contributed by atoms with Crippen LogP contribution in [-0.4, -0.2) is 38.3 Å². The number of amides is 1. The van der Waals surface area contributed by atoms with Crippen molar-refractivity contribution in [3.63, 3.8) is 0 Å². The standard InChI is InChI=1S/C20H25N3O3S/c1-15-8-9-16(2)19(12-15)21-14-20(24)22-17-6-5-7-18(13-17)27(25,26)23-10-3-4-11-23/h5-9,12-13,21H,3-4,10-11,14H2,1-2H3,(H,22,24). The molecular formula is C20H25N3O3S. The van der Waals surface area contributed by atoms with Crippen LogP contribution in [0.5, 0.6) is 0 Å². The number of sulfonamides is 1. The van der Waals surface area contributed by atoms with Gasteiger partial charge in [-0.3, -0.25) is 4.79 Å². The van der Waals surface area contributed by atoms with Crippen molar-refractivity contribution < 1.29 is 13.2 Å². The lowest BCUT2D eigenvalue weighted by Crippen LogP contribution is -2.28. The van der Waals surface area contributed by atoms with Crippen molar-refractivity contribution in [1.29, 1.82) is 0 Å². The van der Waals surface area contributed by atoms with E-state index in [9.17, 15) is 13.2 Å². The predicted octanol–water partition coefficient (Wildman–Crippen LogP) is 3.14. The second-order valence-corrected chi connectivity index (χ2v) is 8.80. The molecule has 1 heterocycles. The molecule has 0 aliphatic carbocycles.